The number of carbonyl (C=O) groups excluding carboxylic acids is 2. The molecule has 2 aromatic rings. The van der Waals surface area contributed by atoms with Crippen LogP contribution in [0.25, 0.3) is 0 Å². The van der Waals surface area contributed by atoms with Crippen molar-refractivity contribution in [2.24, 2.45) is 0 Å². The third kappa shape index (κ3) is 6.23. The van der Waals surface area contributed by atoms with Crippen LogP contribution in [-0.4, -0.2) is 64.6 Å². The van der Waals surface area contributed by atoms with Crippen molar-refractivity contribution in [3.63, 3.8) is 0 Å². The molecule has 1 N–H and O–H groups in total. The number of sulfonamides is 1. The summed E-state index contributed by atoms with van der Waals surface area (Å²) in [5.74, 6) is -1.22. The first-order chi connectivity index (χ1) is 15.7. The molecule has 33 heavy (non-hydrogen) atoms. The summed E-state index contributed by atoms with van der Waals surface area (Å²) >= 11 is 5.87. The molecule has 0 radical (unpaired) electrons. The van der Waals surface area contributed by atoms with Gasteiger partial charge in [0.05, 0.1) is 31.9 Å². The second-order valence-electron chi connectivity index (χ2n) is 7.30. The molecule has 3 rings (SSSR count). The number of esters is 1. The molecule has 1 fully saturated rings. The molecule has 1 amide bonds. The molecule has 1 aliphatic rings. The fraction of sp³-hybridized carbons (Fsp3) is 0.364. The van der Waals surface area contributed by atoms with E-state index in [1.165, 1.54) is 29.6 Å². The molecule has 2 aromatic carbocycles. The number of carbonyl (C=O) groups is 2. The highest BCUT2D eigenvalue weighted by Gasteiger charge is 2.30. The number of hydrogen-bond acceptors (Lipinski definition) is 7. The molecule has 0 aromatic heterocycles. The van der Waals surface area contributed by atoms with E-state index in [4.69, 9.17) is 25.8 Å². The zero-order valence-electron chi connectivity index (χ0n) is 18.2. The fourth-order valence-corrected chi connectivity index (χ4v) is 4.98. The Morgan fingerprint density at radius 2 is 1.82 bits per heavy atom. The topological polar surface area (TPSA) is 111 Å². The van der Waals surface area contributed by atoms with Gasteiger partial charge in [0, 0.05) is 18.1 Å². The van der Waals surface area contributed by atoms with Gasteiger partial charge in [0.15, 0.2) is 6.61 Å². The van der Waals surface area contributed by atoms with E-state index in [1.807, 2.05) is 0 Å². The number of halogens is 1. The predicted octanol–water partition coefficient (Wildman–Crippen LogP) is 2.40. The Morgan fingerprint density at radius 3 is 2.45 bits per heavy atom. The van der Waals surface area contributed by atoms with Gasteiger partial charge in [-0.15, -0.1) is 0 Å². The van der Waals surface area contributed by atoms with Gasteiger partial charge in [-0.05, 0) is 42.8 Å². The van der Waals surface area contributed by atoms with E-state index in [1.54, 1.807) is 31.2 Å². The number of morpholine rings is 1. The van der Waals surface area contributed by atoms with Crippen molar-refractivity contribution in [1.29, 1.82) is 0 Å². The number of nitrogens with one attached hydrogen (secondary N) is 1. The van der Waals surface area contributed by atoms with Crippen molar-refractivity contribution in [3.05, 3.63) is 58.6 Å². The van der Waals surface area contributed by atoms with E-state index < -0.39 is 28.5 Å². The largest absolute Gasteiger partial charge is 0.495 e. The van der Waals surface area contributed by atoms with Crippen molar-refractivity contribution in [2.45, 2.75) is 17.9 Å². The zero-order valence-corrected chi connectivity index (χ0v) is 19.8. The molecule has 0 saturated carbocycles. The van der Waals surface area contributed by atoms with E-state index in [-0.39, 0.29) is 48.6 Å². The fourth-order valence-electron chi connectivity index (χ4n) is 3.26. The summed E-state index contributed by atoms with van der Waals surface area (Å²) in [6, 6.07) is 10.6. The monoisotopic (exact) mass is 496 g/mol. The molecule has 1 unspecified atom stereocenters. The molecule has 1 heterocycles. The summed E-state index contributed by atoms with van der Waals surface area (Å²) in [5.41, 5.74) is 0.827. The van der Waals surface area contributed by atoms with Crippen molar-refractivity contribution in [2.75, 3.05) is 40.0 Å². The highest BCUT2D eigenvalue weighted by molar-refractivity contribution is 7.89. The van der Waals surface area contributed by atoms with Crippen molar-refractivity contribution in [1.82, 2.24) is 9.62 Å². The zero-order chi connectivity index (χ0) is 24.0. The first-order valence-electron chi connectivity index (χ1n) is 10.2. The molecular weight excluding hydrogens is 472 g/mol. The Kier molecular flexibility index (Phi) is 8.30. The molecule has 0 spiro atoms. The van der Waals surface area contributed by atoms with Gasteiger partial charge in [0.25, 0.3) is 5.91 Å². The lowest BCUT2D eigenvalue weighted by molar-refractivity contribution is -0.124. The molecular formula is C22H25ClN2O7S. The summed E-state index contributed by atoms with van der Waals surface area (Å²) in [7, 11) is -2.56. The van der Waals surface area contributed by atoms with E-state index >= 15 is 0 Å². The molecule has 178 valence electrons. The number of ether oxygens (including phenoxy) is 3. The van der Waals surface area contributed by atoms with Crippen LogP contribution in [0.5, 0.6) is 5.75 Å². The van der Waals surface area contributed by atoms with Crippen LogP contribution >= 0.6 is 11.6 Å². The summed E-state index contributed by atoms with van der Waals surface area (Å²) in [5, 5.41) is 3.31. The molecule has 1 aliphatic heterocycles. The third-order valence-corrected chi connectivity index (χ3v) is 7.24. The first-order valence-corrected chi connectivity index (χ1v) is 12.0. The molecule has 0 bridgehead atoms. The number of rotatable bonds is 8. The van der Waals surface area contributed by atoms with Gasteiger partial charge in [0.2, 0.25) is 10.0 Å². The normalized spacial score (nSPS) is 15.5. The van der Waals surface area contributed by atoms with E-state index in [2.05, 4.69) is 5.32 Å². The molecule has 0 aliphatic carbocycles. The minimum atomic E-state index is -3.91. The predicted molar refractivity (Wildman–Crippen MR) is 121 cm³/mol. The van der Waals surface area contributed by atoms with Gasteiger partial charge in [-0.25, -0.2) is 13.2 Å². The minimum absolute atomic E-state index is 0.0128. The third-order valence-electron chi connectivity index (χ3n) is 5.07. The van der Waals surface area contributed by atoms with Crippen LogP contribution < -0.4 is 10.1 Å². The second-order valence-corrected chi connectivity index (χ2v) is 9.64. The maximum atomic E-state index is 13.1. The number of hydrogen-bond donors (Lipinski definition) is 1. The standard InChI is InChI=1S/C22H25ClN2O7S/c1-15(16-3-6-18(23)7-4-16)24-21(26)14-32-22(27)17-5-8-19(30-2)20(13-17)33(28,29)25-9-11-31-12-10-25/h3-8,13,15H,9-12,14H2,1-2H3,(H,24,26). The summed E-state index contributed by atoms with van der Waals surface area (Å²) in [6.45, 7) is 2.24. The quantitative estimate of drug-likeness (QED) is 0.558. The lowest BCUT2D eigenvalue weighted by Crippen LogP contribution is -2.40. The smallest absolute Gasteiger partial charge is 0.338 e. The summed E-state index contributed by atoms with van der Waals surface area (Å²) in [6.07, 6.45) is 0. The van der Waals surface area contributed by atoms with Crippen molar-refractivity contribution in [3.8, 4) is 5.75 Å². The lowest BCUT2D eigenvalue weighted by atomic mass is 10.1. The SMILES string of the molecule is COc1ccc(C(=O)OCC(=O)NC(C)c2ccc(Cl)cc2)cc1S(=O)(=O)N1CCOCC1. The maximum Gasteiger partial charge on any atom is 0.338 e. The number of methoxy groups -OCH3 is 1. The Bertz CT molecular complexity index is 1100. The highest BCUT2D eigenvalue weighted by atomic mass is 35.5. The molecule has 11 heteroatoms. The second kappa shape index (κ2) is 11.0. The molecule has 1 saturated heterocycles. The van der Waals surface area contributed by atoms with Crippen LogP contribution in [0.3, 0.4) is 0 Å². The molecule has 9 nitrogen and oxygen atoms in total. The van der Waals surface area contributed by atoms with E-state index in [9.17, 15) is 18.0 Å². The average molecular weight is 497 g/mol. The Hall–Kier alpha value is -2.66. The Morgan fingerprint density at radius 1 is 1.15 bits per heavy atom. The van der Waals surface area contributed by atoms with Crippen LogP contribution in [0.2, 0.25) is 5.02 Å². The number of benzene rings is 2. The van der Waals surface area contributed by atoms with Gasteiger partial charge < -0.3 is 19.5 Å². The summed E-state index contributed by atoms with van der Waals surface area (Å²) in [4.78, 5) is 24.6. The van der Waals surface area contributed by atoms with Gasteiger partial charge >= 0.3 is 5.97 Å². The average Bonchev–Trinajstić information content (AvgIpc) is 2.83. The van der Waals surface area contributed by atoms with E-state index in [0.29, 0.717) is 5.02 Å². The van der Waals surface area contributed by atoms with Crippen molar-refractivity contribution >= 4 is 33.5 Å². The van der Waals surface area contributed by atoms with Crippen LogP contribution in [0.15, 0.2) is 47.4 Å². The maximum absolute atomic E-state index is 13.1. The van der Waals surface area contributed by atoms with Gasteiger partial charge in [-0.2, -0.15) is 4.31 Å². The van der Waals surface area contributed by atoms with Crippen molar-refractivity contribution < 1.29 is 32.2 Å². The number of nitrogens with zero attached hydrogens (tertiary/aromatic N) is 1. The summed E-state index contributed by atoms with van der Waals surface area (Å²) < 4.78 is 42.9. The van der Waals surface area contributed by atoms with Crippen LogP contribution in [0.4, 0.5) is 0 Å². The van der Waals surface area contributed by atoms with E-state index in [0.717, 1.165) is 5.56 Å². The Balaban J connectivity index is 1.66. The highest BCUT2D eigenvalue weighted by Crippen LogP contribution is 2.28. The Labute approximate surface area is 197 Å². The van der Waals surface area contributed by atoms with Crippen LogP contribution in [0.1, 0.15) is 28.9 Å². The molecule has 1 atom stereocenters. The van der Waals surface area contributed by atoms with Gasteiger partial charge in [-0.1, -0.05) is 23.7 Å². The van der Waals surface area contributed by atoms with Crippen LogP contribution in [-0.2, 0) is 24.3 Å². The number of amides is 1. The minimum Gasteiger partial charge on any atom is -0.495 e. The van der Waals surface area contributed by atoms with Gasteiger partial charge in [-0.3, -0.25) is 4.79 Å². The van der Waals surface area contributed by atoms with Gasteiger partial charge in [0.1, 0.15) is 10.6 Å². The van der Waals surface area contributed by atoms with Crippen LogP contribution in [0, 0.1) is 0 Å². The first kappa shape index (κ1) is 25.0. The lowest BCUT2D eigenvalue weighted by Gasteiger charge is -2.26.